The zero-order chi connectivity index (χ0) is 13.2. The van der Waals surface area contributed by atoms with Gasteiger partial charge in [0, 0.05) is 11.4 Å². The Labute approximate surface area is 118 Å². The van der Waals surface area contributed by atoms with E-state index in [-0.39, 0.29) is 11.2 Å². The number of carbonyl (C=O) groups excluding carboxylic acids is 1. The second kappa shape index (κ2) is 5.55. The molecule has 1 saturated heterocycles. The van der Waals surface area contributed by atoms with Gasteiger partial charge in [0.05, 0.1) is 10.9 Å². The maximum Gasteiger partial charge on any atom is 0.240 e. The zero-order valence-electron chi connectivity index (χ0n) is 11.3. The molecular weight excluding hydrogens is 256 g/mol. The number of nitrogens with one attached hydrogen (secondary N) is 1. The Hall–Kier alpha value is -1.00. The van der Waals surface area contributed by atoms with Crippen molar-refractivity contribution in [2.24, 2.45) is 5.92 Å². The van der Waals surface area contributed by atoms with Gasteiger partial charge in [-0.2, -0.15) is 0 Å². The molecule has 3 nitrogen and oxygen atoms in total. The second-order valence-electron chi connectivity index (χ2n) is 5.37. The summed E-state index contributed by atoms with van der Waals surface area (Å²) in [5, 5.41) is 3.42. The fourth-order valence-corrected chi connectivity index (χ4v) is 3.93. The van der Waals surface area contributed by atoms with Gasteiger partial charge in [0.1, 0.15) is 0 Å². The zero-order valence-corrected chi connectivity index (χ0v) is 12.1. The fraction of sp³-hybridized carbons (Fsp3) is 0.533. The number of thioether (sulfide) groups is 1. The van der Waals surface area contributed by atoms with E-state index in [1.165, 1.54) is 17.7 Å². The van der Waals surface area contributed by atoms with Crippen molar-refractivity contribution < 1.29 is 4.79 Å². The van der Waals surface area contributed by atoms with E-state index < -0.39 is 0 Å². The first-order valence-electron chi connectivity index (χ1n) is 7.03. The van der Waals surface area contributed by atoms with Crippen LogP contribution in [-0.2, 0) is 4.79 Å². The Morgan fingerprint density at radius 2 is 2.05 bits per heavy atom. The Balaban J connectivity index is 1.83. The average molecular weight is 276 g/mol. The van der Waals surface area contributed by atoms with Gasteiger partial charge in [-0.1, -0.05) is 12.1 Å². The minimum Gasteiger partial charge on any atom is -0.317 e. The lowest BCUT2D eigenvalue weighted by Crippen LogP contribution is -2.44. The van der Waals surface area contributed by atoms with E-state index in [1.54, 1.807) is 11.8 Å². The summed E-state index contributed by atoms with van der Waals surface area (Å²) in [5.74, 6) is 0.899. The van der Waals surface area contributed by atoms with Crippen molar-refractivity contribution >= 4 is 23.4 Å². The van der Waals surface area contributed by atoms with Gasteiger partial charge in [-0.05, 0) is 50.9 Å². The third-order valence-corrected chi connectivity index (χ3v) is 5.13. The molecule has 2 aliphatic rings. The van der Waals surface area contributed by atoms with Crippen LogP contribution in [0.1, 0.15) is 19.8 Å². The molecule has 3 rings (SSSR count). The molecular formula is C15H20N2OS. The number of carbonyl (C=O) groups is 1. The lowest BCUT2D eigenvalue weighted by molar-refractivity contribution is -0.118. The molecule has 2 heterocycles. The monoisotopic (exact) mass is 276 g/mol. The highest BCUT2D eigenvalue weighted by atomic mass is 32.2. The normalized spacial score (nSPS) is 24.4. The topological polar surface area (TPSA) is 32.3 Å². The number of hydrogen-bond donors (Lipinski definition) is 1. The predicted molar refractivity (Wildman–Crippen MR) is 79.7 cm³/mol. The summed E-state index contributed by atoms with van der Waals surface area (Å²) in [6, 6.07) is 8.28. The number of amides is 1. The first kappa shape index (κ1) is 13.0. The minimum absolute atomic E-state index is 0.0385. The molecule has 4 heteroatoms. The molecule has 0 spiro atoms. The van der Waals surface area contributed by atoms with Crippen molar-refractivity contribution in [3.8, 4) is 0 Å². The number of para-hydroxylation sites is 1. The Morgan fingerprint density at radius 1 is 1.32 bits per heavy atom. The lowest BCUT2D eigenvalue weighted by atomic mass is 9.97. The molecule has 0 saturated carbocycles. The van der Waals surface area contributed by atoms with E-state index >= 15 is 0 Å². The smallest absolute Gasteiger partial charge is 0.240 e. The standard InChI is InChI=1S/C15H20N2OS/c1-11-15(18)17(10-12-6-8-16-9-7-12)13-4-2-3-5-14(13)19-11/h2-5,11-12,16H,6-10H2,1H3. The van der Waals surface area contributed by atoms with Crippen LogP contribution in [0.2, 0.25) is 0 Å². The summed E-state index contributed by atoms with van der Waals surface area (Å²) >= 11 is 1.68. The number of nitrogens with zero attached hydrogens (tertiary/aromatic N) is 1. The molecule has 1 unspecified atom stereocenters. The van der Waals surface area contributed by atoms with Crippen LogP contribution >= 0.6 is 11.8 Å². The van der Waals surface area contributed by atoms with Gasteiger partial charge >= 0.3 is 0 Å². The summed E-state index contributed by atoms with van der Waals surface area (Å²) in [4.78, 5) is 15.7. The van der Waals surface area contributed by atoms with E-state index in [9.17, 15) is 4.79 Å². The fourth-order valence-electron chi connectivity index (χ4n) is 2.87. The van der Waals surface area contributed by atoms with Crippen LogP contribution in [0.4, 0.5) is 5.69 Å². The molecule has 0 aromatic heterocycles. The van der Waals surface area contributed by atoms with Crippen molar-refractivity contribution in [3.63, 3.8) is 0 Å². The SMILES string of the molecule is CC1Sc2ccccc2N(CC2CCNCC2)C1=O. The lowest BCUT2D eigenvalue weighted by Gasteiger charge is -2.35. The van der Waals surface area contributed by atoms with Crippen LogP contribution in [0.25, 0.3) is 0 Å². The van der Waals surface area contributed by atoms with E-state index in [1.807, 2.05) is 17.9 Å². The molecule has 1 amide bonds. The largest absolute Gasteiger partial charge is 0.317 e. The highest BCUT2D eigenvalue weighted by molar-refractivity contribution is 8.00. The van der Waals surface area contributed by atoms with E-state index in [0.29, 0.717) is 5.92 Å². The van der Waals surface area contributed by atoms with Gasteiger partial charge in [0.2, 0.25) is 5.91 Å². The van der Waals surface area contributed by atoms with Crippen LogP contribution < -0.4 is 10.2 Å². The van der Waals surface area contributed by atoms with Gasteiger partial charge in [0.25, 0.3) is 0 Å². The van der Waals surface area contributed by atoms with Crippen LogP contribution in [0.3, 0.4) is 0 Å². The van der Waals surface area contributed by atoms with E-state index in [4.69, 9.17) is 0 Å². The third kappa shape index (κ3) is 2.65. The van der Waals surface area contributed by atoms with Crippen molar-refractivity contribution in [3.05, 3.63) is 24.3 Å². The van der Waals surface area contributed by atoms with Gasteiger partial charge in [-0.25, -0.2) is 0 Å². The molecule has 0 radical (unpaired) electrons. The summed E-state index contributed by atoms with van der Waals surface area (Å²) < 4.78 is 0. The van der Waals surface area contributed by atoms with Crippen LogP contribution in [0.15, 0.2) is 29.2 Å². The Morgan fingerprint density at radius 3 is 2.84 bits per heavy atom. The molecule has 0 aliphatic carbocycles. The summed E-state index contributed by atoms with van der Waals surface area (Å²) in [6.07, 6.45) is 2.35. The van der Waals surface area contributed by atoms with Crippen molar-refractivity contribution in [2.75, 3.05) is 24.5 Å². The Bertz CT molecular complexity index is 471. The highest BCUT2D eigenvalue weighted by Crippen LogP contribution is 2.39. The van der Waals surface area contributed by atoms with Crippen molar-refractivity contribution in [2.45, 2.75) is 29.9 Å². The molecule has 102 valence electrons. The first-order chi connectivity index (χ1) is 9.25. The second-order valence-corrected chi connectivity index (χ2v) is 6.75. The minimum atomic E-state index is 0.0385. The van der Waals surface area contributed by atoms with Crippen molar-refractivity contribution in [1.29, 1.82) is 0 Å². The molecule has 1 N–H and O–H groups in total. The summed E-state index contributed by atoms with van der Waals surface area (Å²) in [6.45, 7) is 5.05. The van der Waals surface area contributed by atoms with Crippen molar-refractivity contribution in [1.82, 2.24) is 5.32 Å². The number of fused-ring (bicyclic) bond motifs is 1. The number of benzene rings is 1. The van der Waals surface area contributed by atoms with Crippen LogP contribution in [-0.4, -0.2) is 30.8 Å². The first-order valence-corrected chi connectivity index (χ1v) is 7.91. The third-order valence-electron chi connectivity index (χ3n) is 3.97. The summed E-state index contributed by atoms with van der Waals surface area (Å²) in [5.41, 5.74) is 1.11. The number of rotatable bonds is 2. The van der Waals surface area contributed by atoms with Gasteiger partial charge < -0.3 is 10.2 Å². The molecule has 2 aliphatic heterocycles. The maximum atomic E-state index is 12.5. The number of anilines is 1. The average Bonchev–Trinajstić information content (AvgIpc) is 2.45. The van der Waals surface area contributed by atoms with Gasteiger partial charge in [0.15, 0.2) is 0 Å². The number of hydrogen-bond acceptors (Lipinski definition) is 3. The molecule has 0 bridgehead atoms. The molecule has 1 aromatic carbocycles. The Kier molecular flexibility index (Phi) is 3.80. The van der Waals surface area contributed by atoms with Gasteiger partial charge in [-0.3, -0.25) is 4.79 Å². The molecule has 1 atom stereocenters. The predicted octanol–water partition coefficient (Wildman–Crippen LogP) is 2.51. The quantitative estimate of drug-likeness (QED) is 0.901. The maximum absolute atomic E-state index is 12.5. The highest BCUT2D eigenvalue weighted by Gasteiger charge is 2.32. The van der Waals surface area contributed by atoms with E-state index in [2.05, 4.69) is 23.5 Å². The van der Waals surface area contributed by atoms with Gasteiger partial charge in [-0.15, -0.1) is 11.8 Å². The number of piperidine rings is 1. The molecule has 1 aromatic rings. The van der Waals surface area contributed by atoms with Crippen LogP contribution in [0.5, 0.6) is 0 Å². The molecule has 1 fully saturated rings. The summed E-state index contributed by atoms with van der Waals surface area (Å²) in [7, 11) is 0. The molecule has 19 heavy (non-hydrogen) atoms. The van der Waals surface area contributed by atoms with Crippen LogP contribution in [0, 0.1) is 5.92 Å². The van der Waals surface area contributed by atoms with E-state index in [0.717, 1.165) is 25.3 Å².